The van der Waals surface area contributed by atoms with Crippen LogP contribution in [0.2, 0.25) is 0 Å². The fourth-order valence-corrected chi connectivity index (χ4v) is 6.21. The summed E-state index contributed by atoms with van der Waals surface area (Å²) in [5.41, 5.74) is -0.990. The Bertz CT molecular complexity index is 635. The van der Waals surface area contributed by atoms with E-state index in [1.165, 1.54) is 6.07 Å². The lowest BCUT2D eigenvalue weighted by Crippen LogP contribution is -2.47. The molecule has 1 aromatic carbocycles. The Hall–Kier alpha value is -0.0700. The quantitative estimate of drug-likeness (QED) is 0.808. The highest BCUT2D eigenvalue weighted by Crippen LogP contribution is 2.31. The number of thioether (sulfide) groups is 1. The Kier molecular flexibility index (Phi) is 4.63. The third-order valence-corrected chi connectivity index (χ3v) is 6.94. The van der Waals surface area contributed by atoms with E-state index in [-0.39, 0.29) is 4.90 Å². The maximum absolute atomic E-state index is 12.4. The first kappa shape index (κ1) is 15.3. The van der Waals surface area contributed by atoms with Gasteiger partial charge in [-0.05, 0) is 46.3 Å². The standard InChI is InChI=1S/C11H10Br2N2O2S2/c12-8-1-2-10(9(13)5-8)19(16,17)15-11(6-14)3-4-18-7-11/h1-2,5,15H,3-4,7H2. The maximum Gasteiger partial charge on any atom is 0.243 e. The van der Waals surface area contributed by atoms with E-state index >= 15 is 0 Å². The average molecular weight is 426 g/mol. The summed E-state index contributed by atoms with van der Waals surface area (Å²) in [4.78, 5) is 0.141. The van der Waals surface area contributed by atoms with Crippen molar-refractivity contribution in [1.29, 1.82) is 5.26 Å². The minimum atomic E-state index is -3.72. The fraction of sp³-hybridized carbons (Fsp3) is 0.364. The molecule has 1 atom stereocenters. The highest BCUT2D eigenvalue weighted by molar-refractivity contribution is 9.11. The summed E-state index contributed by atoms with van der Waals surface area (Å²) in [7, 11) is -3.72. The van der Waals surface area contributed by atoms with Gasteiger partial charge in [-0.25, -0.2) is 8.42 Å². The Morgan fingerprint density at radius 2 is 2.16 bits per heavy atom. The van der Waals surface area contributed by atoms with E-state index in [1.807, 2.05) is 0 Å². The van der Waals surface area contributed by atoms with E-state index in [4.69, 9.17) is 0 Å². The second-order valence-corrected chi connectivity index (χ2v) is 8.70. The summed E-state index contributed by atoms with van der Waals surface area (Å²) in [6.45, 7) is 0. The van der Waals surface area contributed by atoms with Crippen LogP contribution in [-0.4, -0.2) is 25.5 Å². The first-order valence-corrected chi connectivity index (χ1v) is 9.59. The van der Waals surface area contributed by atoms with Gasteiger partial charge in [0.2, 0.25) is 10.0 Å². The number of sulfonamides is 1. The highest BCUT2D eigenvalue weighted by atomic mass is 79.9. The highest BCUT2D eigenvalue weighted by Gasteiger charge is 2.39. The van der Waals surface area contributed by atoms with E-state index in [9.17, 15) is 13.7 Å². The number of rotatable bonds is 3. The van der Waals surface area contributed by atoms with E-state index in [0.717, 1.165) is 10.2 Å². The summed E-state index contributed by atoms with van der Waals surface area (Å²) < 4.78 is 28.5. The molecule has 0 saturated carbocycles. The van der Waals surface area contributed by atoms with Crippen LogP contribution in [0.3, 0.4) is 0 Å². The molecule has 1 saturated heterocycles. The predicted octanol–water partition coefficient (Wildman–Crippen LogP) is 2.89. The first-order chi connectivity index (χ1) is 8.88. The Morgan fingerprint density at radius 1 is 1.42 bits per heavy atom. The summed E-state index contributed by atoms with van der Waals surface area (Å²) in [5.74, 6) is 1.27. The second kappa shape index (κ2) is 5.74. The third-order valence-electron chi connectivity index (χ3n) is 2.75. The van der Waals surface area contributed by atoms with Crippen LogP contribution >= 0.6 is 43.6 Å². The maximum atomic E-state index is 12.4. The van der Waals surface area contributed by atoms with Crippen molar-refractivity contribution in [1.82, 2.24) is 4.72 Å². The summed E-state index contributed by atoms with van der Waals surface area (Å²) in [6, 6.07) is 6.92. The lowest BCUT2D eigenvalue weighted by Gasteiger charge is -2.21. The molecule has 1 N–H and O–H groups in total. The number of nitriles is 1. The molecule has 1 aromatic rings. The van der Waals surface area contributed by atoms with E-state index in [2.05, 4.69) is 42.7 Å². The van der Waals surface area contributed by atoms with Crippen molar-refractivity contribution >= 4 is 53.6 Å². The van der Waals surface area contributed by atoms with Crippen molar-refractivity contribution in [3.8, 4) is 6.07 Å². The van der Waals surface area contributed by atoms with Gasteiger partial charge in [0.05, 0.1) is 11.0 Å². The van der Waals surface area contributed by atoms with Crippen LogP contribution in [0.5, 0.6) is 0 Å². The van der Waals surface area contributed by atoms with Crippen LogP contribution in [0.1, 0.15) is 6.42 Å². The van der Waals surface area contributed by atoms with Gasteiger partial charge in [-0.15, -0.1) is 0 Å². The Morgan fingerprint density at radius 3 is 2.68 bits per heavy atom. The minimum Gasteiger partial charge on any atom is -0.207 e. The van der Waals surface area contributed by atoms with Gasteiger partial charge >= 0.3 is 0 Å². The third kappa shape index (κ3) is 3.34. The van der Waals surface area contributed by atoms with Crippen LogP contribution < -0.4 is 4.72 Å². The summed E-state index contributed by atoms with van der Waals surface area (Å²) in [6.07, 6.45) is 0.529. The van der Waals surface area contributed by atoms with Crippen LogP contribution in [0.25, 0.3) is 0 Å². The van der Waals surface area contributed by atoms with Gasteiger partial charge < -0.3 is 0 Å². The molecule has 0 radical (unpaired) electrons. The van der Waals surface area contributed by atoms with E-state index in [0.29, 0.717) is 16.6 Å². The van der Waals surface area contributed by atoms with Crippen molar-refractivity contribution < 1.29 is 8.42 Å². The molecular formula is C11H10Br2N2O2S2. The van der Waals surface area contributed by atoms with E-state index in [1.54, 1.807) is 23.9 Å². The molecule has 8 heteroatoms. The fourth-order valence-electron chi connectivity index (χ4n) is 1.76. The number of halogens is 2. The molecule has 2 rings (SSSR count). The van der Waals surface area contributed by atoms with Gasteiger partial charge in [-0.3, -0.25) is 0 Å². The molecule has 19 heavy (non-hydrogen) atoms. The molecule has 0 spiro atoms. The first-order valence-electron chi connectivity index (χ1n) is 5.37. The Balaban J connectivity index is 2.35. The van der Waals surface area contributed by atoms with Gasteiger partial charge in [0, 0.05) is 14.7 Å². The number of benzene rings is 1. The molecule has 1 unspecified atom stereocenters. The molecule has 102 valence electrons. The number of hydrogen-bond donors (Lipinski definition) is 1. The van der Waals surface area contributed by atoms with Crippen molar-refractivity contribution in [2.45, 2.75) is 16.9 Å². The molecule has 0 amide bonds. The SMILES string of the molecule is N#CC1(NS(=O)(=O)c2ccc(Br)cc2Br)CCSC1. The molecule has 0 aliphatic carbocycles. The van der Waals surface area contributed by atoms with Crippen molar-refractivity contribution in [3.63, 3.8) is 0 Å². The normalized spacial score (nSPS) is 23.2. The lowest BCUT2D eigenvalue weighted by molar-refractivity contribution is 0.514. The van der Waals surface area contributed by atoms with Crippen LogP contribution in [0.15, 0.2) is 32.0 Å². The Labute approximate surface area is 133 Å². The molecule has 1 aliphatic rings. The van der Waals surface area contributed by atoms with Gasteiger partial charge in [0.15, 0.2) is 0 Å². The topological polar surface area (TPSA) is 70.0 Å². The van der Waals surface area contributed by atoms with Crippen molar-refractivity contribution in [3.05, 3.63) is 27.1 Å². The second-order valence-electron chi connectivity index (χ2n) is 4.18. The summed E-state index contributed by atoms with van der Waals surface area (Å²) >= 11 is 8.09. The van der Waals surface area contributed by atoms with Crippen LogP contribution in [0.4, 0.5) is 0 Å². The van der Waals surface area contributed by atoms with Gasteiger partial charge in [0.25, 0.3) is 0 Å². The molecular weight excluding hydrogens is 416 g/mol. The zero-order valence-corrected chi connectivity index (χ0v) is 14.5. The van der Waals surface area contributed by atoms with Gasteiger partial charge in [-0.2, -0.15) is 21.7 Å². The average Bonchev–Trinajstić information content (AvgIpc) is 2.77. The zero-order chi connectivity index (χ0) is 14.1. The lowest BCUT2D eigenvalue weighted by atomic mass is 10.0. The monoisotopic (exact) mass is 424 g/mol. The van der Waals surface area contributed by atoms with Gasteiger partial charge in [0.1, 0.15) is 5.54 Å². The van der Waals surface area contributed by atoms with E-state index < -0.39 is 15.6 Å². The molecule has 1 heterocycles. The minimum absolute atomic E-state index is 0.141. The van der Waals surface area contributed by atoms with Crippen LogP contribution in [0, 0.1) is 11.3 Å². The van der Waals surface area contributed by atoms with Gasteiger partial charge in [-0.1, -0.05) is 15.9 Å². The molecule has 4 nitrogen and oxygen atoms in total. The molecule has 0 aromatic heterocycles. The largest absolute Gasteiger partial charge is 0.243 e. The smallest absolute Gasteiger partial charge is 0.207 e. The number of nitrogens with one attached hydrogen (secondary N) is 1. The van der Waals surface area contributed by atoms with Crippen LogP contribution in [-0.2, 0) is 10.0 Å². The number of hydrogen-bond acceptors (Lipinski definition) is 4. The van der Waals surface area contributed by atoms with Crippen molar-refractivity contribution in [2.75, 3.05) is 11.5 Å². The molecule has 1 fully saturated rings. The zero-order valence-electron chi connectivity index (χ0n) is 9.69. The van der Waals surface area contributed by atoms with Crippen molar-refractivity contribution in [2.24, 2.45) is 0 Å². The molecule has 0 bridgehead atoms. The predicted molar refractivity (Wildman–Crippen MR) is 82.4 cm³/mol. The molecule has 1 aliphatic heterocycles. The summed E-state index contributed by atoms with van der Waals surface area (Å²) in [5, 5.41) is 9.23. The number of nitrogens with zero attached hydrogens (tertiary/aromatic N) is 1.